The maximum Gasteiger partial charge on any atom is 0.335 e. The van der Waals surface area contributed by atoms with Crippen molar-refractivity contribution in [1.29, 1.82) is 0 Å². The number of rotatable bonds is 3. The summed E-state index contributed by atoms with van der Waals surface area (Å²) in [5, 5.41) is 25.1. The first-order valence-electron chi connectivity index (χ1n) is 12.6. The van der Waals surface area contributed by atoms with Crippen LogP contribution in [0.25, 0.3) is 0 Å². The molecule has 0 fully saturated rings. The SMILES string of the molecule is Cc1c[c-](C)c2c1CCCC2.O=C(O)c1ccc(F)cc1.O=C(O)c1ccc(F)cc1.O=C(O)c1ccc(F)cc1.[Ti]. The molecule has 0 saturated carbocycles. The molecular weight excluding hydrogens is 585 g/mol. The minimum absolute atomic E-state index is 0. The average molecular weight is 615 g/mol. The van der Waals surface area contributed by atoms with Crippen LogP contribution in [0.15, 0.2) is 78.9 Å². The Balaban J connectivity index is 0.000000278. The van der Waals surface area contributed by atoms with Crippen molar-refractivity contribution in [2.24, 2.45) is 0 Å². The van der Waals surface area contributed by atoms with E-state index in [0.717, 1.165) is 36.4 Å². The second-order valence-electron chi connectivity index (χ2n) is 9.11. The Morgan fingerprint density at radius 1 is 0.619 bits per heavy atom. The molecule has 0 saturated heterocycles. The molecule has 10 heteroatoms. The number of aryl methyl sites for hydroxylation is 2. The summed E-state index contributed by atoms with van der Waals surface area (Å²) in [6.45, 7) is 4.49. The van der Waals surface area contributed by atoms with Gasteiger partial charge in [-0.1, -0.05) is 39.5 Å². The second kappa shape index (κ2) is 17.7. The van der Waals surface area contributed by atoms with Gasteiger partial charge in [-0.3, -0.25) is 0 Å². The van der Waals surface area contributed by atoms with E-state index in [-0.39, 0.29) is 38.4 Å². The van der Waals surface area contributed by atoms with Gasteiger partial charge in [0.2, 0.25) is 0 Å². The monoisotopic (exact) mass is 615 g/mol. The fourth-order valence-electron chi connectivity index (χ4n) is 4.05. The first-order chi connectivity index (χ1) is 19.4. The molecule has 4 aromatic carbocycles. The Morgan fingerprint density at radius 3 is 1.21 bits per heavy atom. The predicted octanol–water partition coefficient (Wildman–Crippen LogP) is 7.47. The number of carbonyl (C=O) groups is 3. The number of aromatic carboxylic acids is 3. The molecule has 0 unspecified atom stereocenters. The summed E-state index contributed by atoms with van der Waals surface area (Å²) in [6, 6.07) is 16.3. The zero-order valence-electron chi connectivity index (χ0n) is 23.0. The third-order valence-electron chi connectivity index (χ3n) is 6.13. The summed E-state index contributed by atoms with van der Waals surface area (Å²) < 4.78 is 36.5. The molecule has 4 aromatic rings. The van der Waals surface area contributed by atoms with Gasteiger partial charge in [-0.25, -0.2) is 27.6 Å². The van der Waals surface area contributed by atoms with Crippen LogP contribution < -0.4 is 0 Å². The molecule has 0 bridgehead atoms. The van der Waals surface area contributed by atoms with Crippen LogP contribution in [0, 0.1) is 31.3 Å². The number of halogens is 3. The van der Waals surface area contributed by atoms with Crippen LogP contribution >= 0.6 is 0 Å². The summed E-state index contributed by atoms with van der Waals surface area (Å²) >= 11 is 0. The molecule has 5 rings (SSSR count). The van der Waals surface area contributed by atoms with Gasteiger partial charge >= 0.3 is 17.9 Å². The van der Waals surface area contributed by atoms with E-state index in [0.29, 0.717) is 0 Å². The normalized spacial score (nSPS) is 11.0. The van der Waals surface area contributed by atoms with Gasteiger partial charge in [0.05, 0.1) is 16.7 Å². The van der Waals surface area contributed by atoms with Crippen molar-refractivity contribution >= 4 is 17.9 Å². The summed E-state index contributed by atoms with van der Waals surface area (Å²) in [5.74, 6) is -4.40. The van der Waals surface area contributed by atoms with Crippen molar-refractivity contribution in [3.05, 3.63) is 135 Å². The van der Waals surface area contributed by atoms with Crippen LogP contribution in [0.2, 0.25) is 0 Å². The number of carboxylic acids is 3. The maximum absolute atomic E-state index is 12.2. The summed E-state index contributed by atoms with van der Waals surface area (Å²) in [7, 11) is 0. The molecule has 0 atom stereocenters. The number of benzene rings is 3. The Kier molecular flexibility index (Phi) is 15.1. The summed E-state index contributed by atoms with van der Waals surface area (Å²) in [4.78, 5) is 30.6. The van der Waals surface area contributed by atoms with Crippen molar-refractivity contribution in [3.63, 3.8) is 0 Å². The average Bonchev–Trinajstić information content (AvgIpc) is 3.24. The Bertz CT molecular complexity index is 1290. The first kappa shape index (κ1) is 36.0. The minimum atomic E-state index is -1.04. The standard InChI is InChI=1S/C11H15.3C7H5FO2.Ti/c1-8-7-9(2)11-6-4-3-5-10(8)11;3*8-6-3-1-5(2-4-6)7(9)10;/h7H,3-6H2,1-2H3;3*1-4H,(H,9,10);/q-1;;;;. The fourth-order valence-corrected chi connectivity index (χ4v) is 4.05. The van der Waals surface area contributed by atoms with Gasteiger partial charge in [0.1, 0.15) is 17.5 Å². The van der Waals surface area contributed by atoms with Crippen LogP contribution in [0.5, 0.6) is 0 Å². The predicted molar refractivity (Wildman–Crippen MR) is 148 cm³/mol. The third kappa shape index (κ3) is 11.8. The van der Waals surface area contributed by atoms with Gasteiger partial charge in [0, 0.05) is 21.7 Å². The van der Waals surface area contributed by atoms with Crippen molar-refractivity contribution < 1.29 is 64.6 Å². The zero-order valence-corrected chi connectivity index (χ0v) is 24.6. The number of carboxylic acid groups (broad SMARTS) is 3. The molecular formula is C32H30F3O6Ti-. The maximum atomic E-state index is 12.2. The third-order valence-corrected chi connectivity index (χ3v) is 6.13. The summed E-state index contributed by atoms with van der Waals surface area (Å²) in [5.41, 5.74) is 6.67. The summed E-state index contributed by atoms with van der Waals surface area (Å²) in [6.07, 6.45) is 5.46. The minimum Gasteiger partial charge on any atom is -0.478 e. The molecule has 0 heterocycles. The van der Waals surface area contributed by atoms with Gasteiger partial charge in [0.25, 0.3) is 0 Å². The van der Waals surface area contributed by atoms with Crippen LogP contribution in [0.4, 0.5) is 13.2 Å². The van der Waals surface area contributed by atoms with Crippen LogP contribution in [-0.4, -0.2) is 33.2 Å². The second-order valence-corrected chi connectivity index (χ2v) is 9.11. The molecule has 1 aliphatic rings. The van der Waals surface area contributed by atoms with E-state index in [1.54, 1.807) is 11.1 Å². The van der Waals surface area contributed by atoms with Gasteiger partial charge in [-0.15, -0.1) is 0 Å². The van der Waals surface area contributed by atoms with E-state index in [2.05, 4.69) is 19.9 Å². The van der Waals surface area contributed by atoms with E-state index in [1.165, 1.54) is 73.2 Å². The van der Waals surface area contributed by atoms with Crippen LogP contribution in [0.1, 0.15) is 66.2 Å². The molecule has 42 heavy (non-hydrogen) atoms. The van der Waals surface area contributed by atoms with Crippen molar-refractivity contribution in [1.82, 2.24) is 0 Å². The fraction of sp³-hybridized carbons (Fsp3) is 0.188. The number of hydrogen-bond acceptors (Lipinski definition) is 3. The molecule has 3 N–H and O–H groups in total. The van der Waals surface area contributed by atoms with Gasteiger partial charge < -0.3 is 15.3 Å². The molecule has 1 aliphatic carbocycles. The zero-order chi connectivity index (χ0) is 30.5. The molecule has 6 nitrogen and oxygen atoms in total. The van der Waals surface area contributed by atoms with E-state index >= 15 is 0 Å². The van der Waals surface area contributed by atoms with E-state index < -0.39 is 35.4 Å². The van der Waals surface area contributed by atoms with Gasteiger partial charge in [-0.2, -0.15) is 28.3 Å². The number of hydrogen-bond donors (Lipinski definition) is 3. The molecule has 0 aliphatic heterocycles. The Hall–Kier alpha value is -4.08. The van der Waals surface area contributed by atoms with Crippen molar-refractivity contribution in [3.8, 4) is 0 Å². The Morgan fingerprint density at radius 2 is 0.929 bits per heavy atom. The van der Waals surface area contributed by atoms with Gasteiger partial charge in [-0.05, 0) is 72.8 Å². The molecule has 0 spiro atoms. The topological polar surface area (TPSA) is 112 Å². The van der Waals surface area contributed by atoms with E-state index in [9.17, 15) is 27.6 Å². The smallest absolute Gasteiger partial charge is 0.335 e. The molecule has 0 aromatic heterocycles. The Labute approximate surface area is 256 Å². The largest absolute Gasteiger partial charge is 0.478 e. The van der Waals surface area contributed by atoms with Crippen LogP contribution in [0.3, 0.4) is 0 Å². The van der Waals surface area contributed by atoms with E-state index in [1.807, 2.05) is 0 Å². The molecule has 220 valence electrons. The molecule has 0 amide bonds. The van der Waals surface area contributed by atoms with Gasteiger partial charge in [0.15, 0.2) is 0 Å². The van der Waals surface area contributed by atoms with Crippen molar-refractivity contribution in [2.75, 3.05) is 0 Å². The molecule has 0 radical (unpaired) electrons. The van der Waals surface area contributed by atoms with Crippen molar-refractivity contribution in [2.45, 2.75) is 39.5 Å². The van der Waals surface area contributed by atoms with E-state index in [4.69, 9.17) is 15.3 Å². The first-order valence-corrected chi connectivity index (χ1v) is 12.6. The number of fused-ring (bicyclic) bond motifs is 1. The van der Waals surface area contributed by atoms with Crippen LogP contribution in [-0.2, 0) is 34.6 Å². The quantitative estimate of drug-likeness (QED) is 0.163.